The number of rotatable bonds is 7. The molecule has 0 aliphatic carbocycles. The minimum Gasteiger partial charge on any atom is -0.369 e. The van der Waals surface area contributed by atoms with Gasteiger partial charge in [0.1, 0.15) is 5.69 Å². The monoisotopic (exact) mass is 474 g/mol. The maximum atomic E-state index is 12.5. The highest BCUT2D eigenvalue weighted by molar-refractivity contribution is 6.39. The molecule has 1 atom stereocenters. The number of carbonyl (C=O) groups excluding carboxylic acids is 2. The zero-order valence-corrected chi connectivity index (χ0v) is 19.0. The number of benzene rings is 2. The van der Waals surface area contributed by atoms with E-state index in [1.54, 1.807) is 18.5 Å². The zero-order chi connectivity index (χ0) is 24.6. The van der Waals surface area contributed by atoms with Crippen molar-refractivity contribution in [3.8, 4) is 0 Å². The average molecular weight is 475 g/mol. The molecule has 1 fully saturated rings. The number of carbonyl (C=O) groups is 2. The van der Waals surface area contributed by atoms with Gasteiger partial charge in [0, 0.05) is 56.9 Å². The molecule has 3 aromatic rings. The van der Waals surface area contributed by atoms with Crippen LogP contribution in [0.4, 0.5) is 17.1 Å². The number of anilines is 2. The molecule has 1 saturated heterocycles. The van der Waals surface area contributed by atoms with Gasteiger partial charge in [-0.15, -0.1) is 0 Å². The van der Waals surface area contributed by atoms with Crippen molar-refractivity contribution in [1.29, 1.82) is 0 Å². The number of piperazine rings is 1. The van der Waals surface area contributed by atoms with Crippen LogP contribution in [0.25, 0.3) is 0 Å². The van der Waals surface area contributed by atoms with Gasteiger partial charge in [-0.05, 0) is 29.8 Å². The number of amides is 2. The second kappa shape index (κ2) is 11.2. The molecule has 2 heterocycles. The molecular formula is C25H26N6O4. The first-order chi connectivity index (χ1) is 17.0. The number of para-hydroxylation sites is 3. The van der Waals surface area contributed by atoms with Gasteiger partial charge in [0.25, 0.3) is 5.69 Å². The summed E-state index contributed by atoms with van der Waals surface area (Å²) in [6.45, 7) is 3.39. The van der Waals surface area contributed by atoms with Crippen LogP contribution < -0.4 is 15.5 Å². The van der Waals surface area contributed by atoms with Gasteiger partial charge < -0.3 is 15.5 Å². The molecule has 0 spiro atoms. The zero-order valence-electron chi connectivity index (χ0n) is 19.0. The highest BCUT2D eigenvalue weighted by Gasteiger charge is 2.27. The molecule has 0 radical (unpaired) electrons. The van der Waals surface area contributed by atoms with E-state index in [9.17, 15) is 19.7 Å². The lowest BCUT2D eigenvalue weighted by Gasteiger charge is -2.40. The van der Waals surface area contributed by atoms with Gasteiger partial charge in [-0.2, -0.15) is 0 Å². The van der Waals surface area contributed by atoms with Crippen molar-refractivity contribution in [2.75, 3.05) is 42.9 Å². The highest BCUT2D eigenvalue weighted by atomic mass is 16.6. The molecule has 1 aliphatic heterocycles. The summed E-state index contributed by atoms with van der Waals surface area (Å²) >= 11 is 0. The standard InChI is InChI=1S/C25H26N6O4/c32-24(25(33)28-21-10-4-5-11-22(21)31(34)35)27-18-23(19-7-6-12-26-17-19)30-15-13-29(14-16-30)20-8-2-1-3-9-20/h1-12,17,23H,13-16,18H2,(H,27,32)(H,28,33). The fourth-order valence-electron chi connectivity index (χ4n) is 4.15. The summed E-state index contributed by atoms with van der Waals surface area (Å²) in [6, 6.07) is 19.5. The molecule has 180 valence electrons. The number of nitrogens with one attached hydrogen (secondary N) is 2. The van der Waals surface area contributed by atoms with Crippen molar-refractivity contribution in [1.82, 2.24) is 15.2 Å². The van der Waals surface area contributed by atoms with Gasteiger partial charge in [0.05, 0.1) is 11.0 Å². The largest absolute Gasteiger partial charge is 0.369 e. The summed E-state index contributed by atoms with van der Waals surface area (Å²) in [6.07, 6.45) is 3.44. The first-order valence-electron chi connectivity index (χ1n) is 11.3. The lowest BCUT2D eigenvalue weighted by Crippen LogP contribution is -2.50. The second-order valence-electron chi connectivity index (χ2n) is 8.10. The van der Waals surface area contributed by atoms with Crippen LogP contribution in [-0.2, 0) is 9.59 Å². The van der Waals surface area contributed by atoms with Crippen LogP contribution in [0.3, 0.4) is 0 Å². The predicted molar refractivity (Wildman–Crippen MR) is 132 cm³/mol. The van der Waals surface area contributed by atoms with Crippen molar-refractivity contribution < 1.29 is 14.5 Å². The number of aromatic nitrogens is 1. The second-order valence-corrected chi connectivity index (χ2v) is 8.10. The fourth-order valence-corrected chi connectivity index (χ4v) is 4.15. The van der Waals surface area contributed by atoms with Crippen molar-refractivity contribution in [3.63, 3.8) is 0 Å². The average Bonchev–Trinajstić information content (AvgIpc) is 2.90. The van der Waals surface area contributed by atoms with Crippen LogP contribution in [0, 0.1) is 10.1 Å². The maximum Gasteiger partial charge on any atom is 0.313 e. The third kappa shape index (κ3) is 5.98. The van der Waals surface area contributed by atoms with E-state index in [1.807, 2.05) is 30.3 Å². The Morgan fingerprint density at radius 3 is 2.34 bits per heavy atom. The molecule has 0 saturated carbocycles. The van der Waals surface area contributed by atoms with Gasteiger partial charge in [-0.3, -0.25) is 29.6 Å². The van der Waals surface area contributed by atoms with Gasteiger partial charge in [0.15, 0.2) is 0 Å². The first kappa shape index (κ1) is 23.8. The minimum atomic E-state index is -0.960. The summed E-state index contributed by atoms with van der Waals surface area (Å²) in [7, 11) is 0. The van der Waals surface area contributed by atoms with E-state index in [0.717, 1.165) is 31.7 Å². The molecular weight excluding hydrogens is 448 g/mol. The number of hydrogen-bond donors (Lipinski definition) is 2. The molecule has 2 N–H and O–H groups in total. The Bertz CT molecular complexity index is 1170. The predicted octanol–water partition coefficient (Wildman–Crippen LogP) is 2.61. The smallest absolute Gasteiger partial charge is 0.313 e. The molecule has 1 aromatic heterocycles. The summed E-state index contributed by atoms with van der Waals surface area (Å²) in [5, 5.41) is 16.2. The Morgan fingerprint density at radius 1 is 0.943 bits per heavy atom. The molecule has 0 bridgehead atoms. The summed E-state index contributed by atoms with van der Waals surface area (Å²) in [5.74, 6) is -1.82. The van der Waals surface area contributed by atoms with Gasteiger partial charge >= 0.3 is 11.8 Å². The lowest BCUT2D eigenvalue weighted by molar-refractivity contribution is -0.383. The maximum absolute atomic E-state index is 12.5. The van der Waals surface area contributed by atoms with Crippen LogP contribution in [0.1, 0.15) is 11.6 Å². The van der Waals surface area contributed by atoms with Gasteiger partial charge in [-0.1, -0.05) is 36.4 Å². The Labute approximate surface area is 202 Å². The first-order valence-corrected chi connectivity index (χ1v) is 11.3. The number of nitro benzene ring substituents is 1. The van der Waals surface area contributed by atoms with Gasteiger partial charge in [-0.25, -0.2) is 0 Å². The summed E-state index contributed by atoms with van der Waals surface area (Å²) in [5.41, 5.74) is 1.79. The molecule has 1 aliphatic rings. The van der Waals surface area contributed by atoms with E-state index >= 15 is 0 Å². The molecule has 2 aromatic carbocycles. The van der Waals surface area contributed by atoms with E-state index in [2.05, 4.69) is 37.6 Å². The molecule has 35 heavy (non-hydrogen) atoms. The molecule has 10 nitrogen and oxygen atoms in total. The Morgan fingerprint density at radius 2 is 1.66 bits per heavy atom. The van der Waals surface area contributed by atoms with Crippen molar-refractivity contribution in [2.24, 2.45) is 0 Å². The van der Waals surface area contributed by atoms with Gasteiger partial charge in [0.2, 0.25) is 0 Å². The number of pyridine rings is 1. The molecule has 2 amide bonds. The number of nitro groups is 1. The van der Waals surface area contributed by atoms with Crippen LogP contribution in [0.15, 0.2) is 79.1 Å². The minimum absolute atomic E-state index is 0.0292. The molecule has 10 heteroatoms. The van der Waals surface area contributed by atoms with E-state index in [4.69, 9.17) is 0 Å². The summed E-state index contributed by atoms with van der Waals surface area (Å²) < 4.78 is 0. The Kier molecular flexibility index (Phi) is 7.63. The Balaban J connectivity index is 1.40. The van der Waals surface area contributed by atoms with Crippen LogP contribution in [0.5, 0.6) is 0 Å². The molecule has 4 rings (SSSR count). The number of nitrogens with zero attached hydrogens (tertiary/aromatic N) is 4. The van der Waals surface area contributed by atoms with Crippen LogP contribution in [0.2, 0.25) is 0 Å². The lowest BCUT2D eigenvalue weighted by atomic mass is 10.1. The molecule has 1 unspecified atom stereocenters. The van der Waals surface area contributed by atoms with E-state index < -0.39 is 16.7 Å². The topological polar surface area (TPSA) is 121 Å². The Hall–Kier alpha value is -4.31. The summed E-state index contributed by atoms with van der Waals surface area (Å²) in [4.78, 5) is 44.3. The van der Waals surface area contributed by atoms with Crippen molar-refractivity contribution >= 4 is 28.9 Å². The third-order valence-corrected chi connectivity index (χ3v) is 5.96. The van der Waals surface area contributed by atoms with E-state index in [-0.39, 0.29) is 24.0 Å². The quantitative estimate of drug-likeness (QED) is 0.307. The number of hydrogen-bond acceptors (Lipinski definition) is 7. The van der Waals surface area contributed by atoms with E-state index in [0.29, 0.717) is 0 Å². The normalized spacial score (nSPS) is 14.7. The van der Waals surface area contributed by atoms with Crippen LogP contribution in [-0.4, -0.2) is 59.3 Å². The van der Waals surface area contributed by atoms with Crippen LogP contribution >= 0.6 is 0 Å². The SMILES string of the molecule is O=C(NCC(c1cccnc1)N1CCN(c2ccccc2)CC1)C(=O)Nc1ccccc1[N+](=O)[O-]. The van der Waals surface area contributed by atoms with E-state index in [1.165, 1.54) is 23.9 Å². The fraction of sp³-hybridized carbons (Fsp3) is 0.240. The van der Waals surface area contributed by atoms with Crippen molar-refractivity contribution in [3.05, 3.63) is 94.8 Å². The van der Waals surface area contributed by atoms with Crippen molar-refractivity contribution in [2.45, 2.75) is 6.04 Å². The third-order valence-electron chi connectivity index (χ3n) is 5.96. The highest BCUT2D eigenvalue weighted by Crippen LogP contribution is 2.24.